The molecule has 3 atom stereocenters. The van der Waals surface area contributed by atoms with Crippen molar-refractivity contribution in [2.24, 2.45) is 5.92 Å². The highest BCUT2D eigenvalue weighted by atomic mass is 15.3. The minimum absolute atomic E-state index is 0.293. The first-order valence-corrected chi connectivity index (χ1v) is 6.60. The van der Waals surface area contributed by atoms with Gasteiger partial charge in [0.1, 0.15) is 0 Å². The maximum absolute atomic E-state index is 9.16. The monoisotopic (exact) mass is 221 g/mol. The maximum atomic E-state index is 9.16. The number of hydrogen-bond acceptors (Lipinski definition) is 3. The smallest absolute Gasteiger partial charge is 0.0672 e. The number of nitriles is 1. The molecule has 2 rings (SSSR count). The molecule has 3 nitrogen and oxygen atoms in total. The largest absolute Gasteiger partial charge is 0.301 e. The van der Waals surface area contributed by atoms with Gasteiger partial charge in [-0.2, -0.15) is 5.26 Å². The molecule has 1 aliphatic carbocycles. The summed E-state index contributed by atoms with van der Waals surface area (Å²) in [6.07, 6.45) is 4.81. The van der Waals surface area contributed by atoms with Crippen LogP contribution in [0.5, 0.6) is 0 Å². The van der Waals surface area contributed by atoms with Gasteiger partial charge in [-0.05, 0) is 26.3 Å². The second-order valence-electron chi connectivity index (χ2n) is 5.27. The maximum Gasteiger partial charge on any atom is 0.0672 e. The van der Waals surface area contributed by atoms with Crippen LogP contribution in [0.15, 0.2) is 0 Å². The molecular weight excluding hydrogens is 198 g/mol. The van der Waals surface area contributed by atoms with E-state index < -0.39 is 0 Å². The van der Waals surface area contributed by atoms with E-state index in [1.807, 2.05) is 0 Å². The van der Waals surface area contributed by atoms with Gasteiger partial charge in [-0.1, -0.05) is 13.3 Å². The van der Waals surface area contributed by atoms with Crippen LogP contribution in [0.1, 0.15) is 32.6 Å². The fourth-order valence-electron chi connectivity index (χ4n) is 3.24. The summed E-state index contributed by atoms with van der Waals surface area (Å²) in [7, 11) is 2.22. The minimum Gasteiger partial charge on any atom is -0.301 e. The predicted octanol–water partition coefficient (Wildman–Crippen LogP) is 1.70. The first kappa shape index (κ1) is 11.9. The zero-order chi connectivity index (χ0) is 11.5. The number of hydrogen-bond donors (Lipinski definition) is 0. The third-order valence-corrected chi connectivity index (χ3v) is 4.39. The molecule has 0 radical (unpaired) electrons. The Bertz CT molecular complexity index is 271. The fourth-order valence-corrected chi connectivity index (χ4v) is 3.24. The van der Waals surface area contributed by atoms with Crippen molar-refractivity contribution >= 4 is 0 Å². The molecule has 16 heavy (non-hydrogen) atoms. The van der Waals surface area contributed by atoms with Gasteiger partial charge in [0.25, 0.3) is 0 Å². The van der Waals surface area contributed by atoms with Crippen LogP contribution in [0.4, 0.5) is 0 Å². The van der Waals surface area contributed by atoms with E-state index in [2.05, 4.69) is 29.8 Å². The average Bonchev–Trinajstić information content (AvgIpc) is 2.78. The van der Waals surface area contributed by atoms with Crippen molar-refractivity contribution in [2.75, 3.05) is 26.7 Å². The topological polar surface area (TPSA) is 30.3 Å². The summed E-state index contributed by atoms with van der Waals surface area (Å²) in [5, 5.41) is 9.16. The Hall–Kier alpha value is -0.590. The van der Waals surface area contributed by atoms with Crippen molar-refractivity contribution < 1.29 is 0 Å². The lowest BCUT2D eigenvalue weighted by molar-refractivity contribution is 0.0563. The Morgan fingerprint density at radius 2 is 2.12 bits per heavy atom. The summed E-state index contributed by atoms with van der Waals surface area (Å²) < 4.78 is 0. The normalized spacial score (nSPS) is 37.4. The van der Waals surface area contributed by atoms with E-state index in [4.69, 9.17) is 5.26 Å². The number of piperazine rings is 1. The fraction of sp³-hybridized carbons (Fsp3) is 0.923. The number of likely N-dealkylation sites (N-methyl/N-ethyl adjacent to an activating group) is 1. The van der Waals surface area contributed by atoms with Gasteiger partial charge in [-0.25, -0.2) is 0 Å². The highest BCUT2D eigenvalue weighted by Gasteiger charge is 2.35. The molecule has 0 amide bonds. The molecule has 1 heterocycles. The zero-order valence-corrected chi connectivity index (χ0v) is 10.5. The lowest BCUT2D eigenvalue weighted by atomic mass is 10.0. The second-order valence-corrected chi connectivity index (χ2v) is 5.27. The summed E-state index contributed by atoms with van der Waals surface area (Å²) in [5.74, 6) is 0.293. The molecule has 0 aromatic carbocycles. The summed E-state index contributed by atoms with van der Waals surface area (Å²) in [4.78, 5) is 5.04. The van der Waals surface area contributed by atoms with Crippen molar-refractivity contribution in [1.29, 1.82) is 5.26 Å². The van der Waals surface area contributed by atoms with Crippen LogP contribution in [-0.4, -0.2) is 48.6 Å². The molecule has 3 heteroatoms. The molecule has 0 aromatic rings. The third-order valence-electron chi connectivity index (χ3n) is 4.39. The Kier molecular flexibility index (Phi) is 3.83. The van der Waals surface area contributed by atoms with Crippen LogP contribution in [0, 0.1) is 17.2 Å². The highest BCUT2D eigenvalue weighted by Crippen LogP contribution is 2.30. The van der Waals surface area contributed by atoms with Crippen LogP contribution in [0.2, 0.25) is 0 Å². The second kappa shape index (κ2) is 5.16. The van der Waals surface area contributed by atoms with Crippen LogP contribution in [-0.2, 0) is 0 Å². The van der Waals surface area contributed by atoms with Crippen molar-refractivity contribution in [2.45, 2.75) is 44.7 Å². The third kappa shape index (κ3) is 2.23. The van der Waals surface area contributed by atoms with Gasteiger partial charge in [0.05, 0.1) is 12.0 Å². The van der Waals surface area contributed by atoms with Gasteiger partial charge in [0.2, 0.25) is 0 Å². The van der Waals surface area contributed by atoms with E-state index in [0.29, 0.717) is 18.0 Å². The lowest BCUT2D eigenvalue weighted by Gasteiger charge is -2.42. The van der Waals surface area contributed by atoms with E-state index in [1.165, 1.54) is 19.3 Å². The molecule has 1 saturated carbocycles. The number of rotatable bonds is 2. The Morgan fingerprint density at radius 3 is 2.81 bits per heavy atom. The standard InChI is InChI=1S/C13H23N3/c1-3-12-10-16(8-7-15(12)2)13-6-4-5-11(13)9-14/h11-13H,3-8,10H2,1-2H3. The Labute approximate surface area is 99.0 Å². The van der Waals surface area contributed by atoms with E-state index in [0.717, 1.165) is 26.1 Å². The zero-order valence-electron chi connectivity index (χ0n) is 10.5. The molecule has 3 unspecified atom stereocenters. The molecule has 1 saturated heterocycles. The molecule has 0 aromatic heterocycles. The summed E-state index contributed by atoms with van der Waals surface area (Å²) in [6, 6.07) is 3.74. The molecule has 90 valence electrons. The summed E-state index contributed by atoms with van der Waals surface area (Å²) >= 11 is 0. The van der Waals surface area contributed by atoms with Gasteiger partial charge in [-0.3, -0.25) is 4.90 Å². The highest BCUT2D eigenvalue weighted by molar-refractivity contribution is 4.99. The quantitative estimate of drug-likeness (QED) is 0.711. The average molecular weight is 221 g/mol. The van der Waals surface area contributed by atoms with Crippen LogP contribution >= 0.6 is 0 Å². The van der Waals surface area contributed by atoms with Crippen molar-refractivity contribution in [1.82, 2.24) is 9.80 Å². The Morgan fingerprint density at radius 1 is 1.31 bits per heavy atom. The molecule has 2 aliphatic rings. The summed E-state index contributed by atoms with van der Waals surface area (Å²) in [6.45, 7) is 5.74. The van der Waals surface area contributed by atoms with Gasteiger partial charge in [-0.15, -0.1) is 0 Å². The van der Waals surface area contributed by atoms with Crippen molar-refractivity contribution in [3.63, 3.8) is 0 Å². The molecular formula is C13H23N3. The van der Waals surface area contributed by atoms with Gasteiger partial charge in [0.15, 0.2) is 0 Å². The number of nitrogens with zero attached hydrogens (tertiary/aromatic N) is 3. The van der Waals surface area contributed by atoms with Crippen LogP contribution in [0.25, 0.3) is 0 Å². The summed E-state index contributed by atoms with van der Waals surface area (Å²) in [5.41, 5.74) is 0. The predicted molar refractivity (Wildman–Crippen MR) is 65.0 cm³/mol. The first-order chi connectivity index (χ1) is 7.76. The van der Waals surface area contributed by atoms with Crippen molar-refractivity contribution in [3.8, 4) is 6.07 Å². The molecule has 0 spiro atoms. The lowest BCUT2D eigenvalue weighted by Crippen LogP contribution is -2.54. The minimum atomic E-state index is 0.293. The Balaban J connectivity index is 1.97. The molecule has 1 aliphatic heterocycles. The van der Waals surface area contributed by atoms with Gasteiger partial charge >= 0.3 is 0 Å². The van der Waals surface area contributed by atoms with E-state index >= 15 is 0 Å². The first-order valence-electron chi connectivity index (χ1n) is 6.60. The molecule has 2 fully saturated rings. The molecule has 0 bridgehead atoms. The van der Waals surface area contributed by atoms with E-state index in [-0.39, 0.29) is 0 Å². The van der Waals surface area contributed by atoms with E-state index in [1.54, 1.807) is 0 Å². The van der Waals surface area contributed by atoms with Crippen molar-refractivity contribution in [3.05, 3.63) is 0 Å². The van der Waals surface area contributed by atoms with Gasteiger partial charge in [0, 0.05) is 31.7 Å². The van der Waals surface area contributed by atoms with Crippen LogP contribution in [0.3, 0.4) is 0 Å². The van der Waals surface area contributed by atoms with E-state index in [9.17, 15) is 0 Å². The SMILES string of the molecule is CCC1CN(C2CCCC2C#N)CCN1C. The molecule has 0 N–H and O–H groups in total. The van der Waals surface area contributed by atoms with Gasteiger partial charge < -0.3 is 4.90 Å². The van der Waals surface area contributed by atoms with Crippen LogP contribution < -0.4 is 0 Å².